The van der Waals surface area contributed by atoms with Gasteiger partial charge in [-0.2, -0.15) is 0 Å². The molecule has 0 atom stereocenters. The number of aryl methyl sites for hydroxylation is 1. The average Bonchev–Trinajstić information content (AvgIpc) is 3.09. The van der Waals surface area contributed by atoms with Crippen LogP contribution in [0.5, 0.6) is 0 Å². The van der Waals surface area contributed by atoms with Gasteiger partial charge in [0.25, 0.3) is 0 Å². The van der Waals surface area contributed by atoms with Gasteiger partial charge >= 0.3 is 0 Å². The second-order valence-corrected chi connectivity index (χ2v) is 5.96. The highest BCUT2D eigenvalue weighted by Gasteiger charge is 2.15. The molecule has 0 N–H and O–H groups in total. The van der Waals surface area contributed by atoms with E-state index in [9.17, 15) is 0 Å². The van der Waals surface area contributed by atoms with Gasteiger partial charge in [-0.3, -0.25) is 4.99 Å². The Morgan fingerprint density at radius 1 is 1.25 bits per heavy atom. The number of rotatable bonds is 3. The van der Waals surface area contributed by atoms with Crippen molar-refractivity contribution in [3.8, 4) is 0 Å². The van der Waals surface area contributed by atoms with Crippen molar-refractivity contribution in [1.82, 2.24) is 4.57 Å². The Labute approximate surface area is 125 Å². The van der Waals surface area contributed by atoms with Crippen LogP contribution >= 0.6 is 11.6 Å². The second-order valence-electron chi connectivity index (χ2n) is 5.52. The van der Waals surface area contributed by atoms with Crippen molar-refractivity contribution in [2.75, 3.05) is 0 Å². The standard InChI is InChI=1S/C17H19ClN2/c1-13-6-7-15(18)10-17(13)19-11-14-8-9-20(12-14)16-4-2-3-5-16/h6-12,16H,2-5H2,1H3. The number of hydrogen-bond donors (Lipinski definition) is 0. The third-order valence-corrected chi connectivity index (χ3v) is 4.24. The van der Waals surface area contributed by atoms with Gasteiger partial charge < -0.3 is 4.57 Å². The Hall–Kier alpha value is -1.54. The summed E-state index contributed by atoms with van der Waals surface area (Å²) in [6.07, 6.45) is 11.6. The maximum absolute atomic E-state index is 6.01. The number of halogens is 1. The fourth-order valence-electron chi connectivity index (χ4n) is 2.80. The topological polar surface area (TPSA) is 17.3 Å². The minimum atomic E-state index is 0.685. The van der Waals surface area contributed by atoms with E-state index >= 15 is 0 Å². The van der Waals surface area contributed by atoms with Crippen LogP contribution < -0.4 is 0 Å². The Morgan fingerprint density at radius 2 is 2.05 bits per heavy atom. The zero-order chi connectivity index (χ0) is 13.9. The molecule has 0 radical (unpaired) electrons. The van der Waals surface area contributed by atoms with Crippen LogP contribution in [-0.4, -0.2) is 10.8 Å². The predicted octanol–water partition coefficient (Wildman–Crippen LogP) is 5.32. The van der Waals surface area contributed by atoms with Crippen molar-refractivity contribution >= 4 is 23.5 Å². The van der Waals surface area contributed by atoms with E-state index in [2.05, 4.69) is 28.0 Å². The van der Waals surface area contributed by atoms with Crippen LogP contribution in [-0.2, 0) is 0 Å². The molecule has 1 heterocycles. The van der Waals surface area contributed by atoms with Gasteiger partial charge in [-0.25, -0.2) is 0 Å². The molecule has 20 heavy (non-hydrogen) atoms. The van der Waals surface area contributed by atoms with Crippen molar-refractivity contribution in [2.45, 2.75) is 38.6 Å². The van der Waals surface area contributed by atoms with E-state index in [0.29, 0.717) is 6.04 Å². The second kappa shape index (κ2) is 5.84. The smallest absolute Gasteiger partial charge is 0.0673 e. The van der Waals surface area contributed by atoms with Gasteiger partial charge in [0.05, 0.1) is 5.69 Å². The van der Waals surface area contributed by atoms with Gasteiger partial charge in [-0.05, 0) is 43.5 Å². The van der Waals surface area contributed by atoms with Crippen LogP contribution in [0, 0.1) is 6.92 Å². The number of nitrogens with zero attached hydrogens (tertiary/aromatic N) is 2. The fourth-order valence-corrected chi connectivity index (χ4v) is 2.97. The van der Waals surface area contributed by atoms with E-state index in [1.807, 2.05) is 31.3 Å². The minimum absolute atomic E-state index is 0.685. The van der Waals surface area contributed by atoms with E-state index in [4.69, 9.17) is 11.6 Å². The molecule has 0 unspecified atom stereocenters. The highest BCUT2D eigenvalue weighted by Crippen LogP contribution is 2.29. The summed E-state index contributed by atoms with van der Waals surface area (Å²) in [7, 11) is 0. The molecule has 0 spiro atoms. The van der Waals surface area contributed by atoms with Crippen molar-refractivity contribution in [1.29, 1.82) is 0 Å². The third kappa shape index (κ3) is 2.96. The van der Waals surface area contributed by atoms with Crippen LogP contribution in [0.1, 0.15) is 42.9 Å². The van der Waals surface area contributed by atoms with Crippen LogP contribution in [0.3, 0.4) is 0 Å². The number of aliphatic imine (C=N–C) groups is 1. The Balaban J connectivity index is 1.77. The lowest BCUT2D eigenvalue weighted by Gasteiger charge is -2.10. The molecular weight excluding hydrogens is 268 g/mol. The average molecular weight is 287 g/mol. The summed E-state index contributed by atoms with van der Waals surface area (Å²) in [4.78, 5) is 4.55. The molecule has 1 aliphatic rings. The lowest BCUT2D eigenvalue weighted by molar-refractivity contribution is 0.521. The first-order valence-electron chi connectivity index (χ1n) is 7.20. The first kappa shape index (κ1) is 13.4. The maximum Gasteiger partial charge on any atom is 0.0673 e. The SMILES string of the molecule is Cc1ccc(Cl)cc1N=Cc1ccn(C2CCCC2)c1. The summed E-state index contributed by atoms with van der Waals surface area (Å²) in [5.74, 6) is 0. The number of benzene rings is 1. The van der Waals surface area contributed by atoms with E-state index in [-0.39, 0.29) is 0 Å². The molecule has 3 heteroatoms. The summed E-state index contributed by atoms with van der Waals surface area (Å²) in [6, 6.07) is 8.61. The van der Waals surface area contributed by atoms with Crippen molar-refractivity contribution in [3.05, 3.63) is 52.8 Å². The van der Waals surface area contributed by atoms with Crippen molar-refractivity contribution in [2.24, 2.45) is 4.99 Å². The van der Waals surface area contributed by atoms with Gasteiger partial charge in [0, 0.05) is 35.2 Å². The van der Waals surface area contributed by atoms with Crippen LogP contribution in [0.4, 0.5) is 5.69 Å². The van der Waals surface area contributed by atoms with E-state index in [0.717, 1.165) is 21.8 Å². The molecule has 3 rings (SSSR count). The largest absolute Gasteiger partial charge is 0.351 e. The van der Waals surface area contributed by atoms with Gasteiger partial charge in [-0.15, -0.1) is 0 Å². The molecule has 2 aromatic rings. The summed E-state index contributed by atoms with van der Waals surface area (Å²) >= 11 is 6.01. The van der Waals surface area contributed by atoms with E-state index < -0.39 is 0 Å². The minimum Gasteiger partial charge on any atom is -0.351 e. The van der Waals surface area contributed by atoms with E-state index in [1.54, 1.807) is 0 Å². The lowest BCUT2D eigenvalue weighted by Crippen LogP contribution is -2.00. The summed E-state index contributed by atoms with van der Waals surface area (Å²) in [6.45, 7) is 2.05. The molecule has 1 aromatic heterocycles. The molecule has 1 saturated carbocycles. The summed E-state index contributed by atoms with van der Waals surface area (Å²) in [5, 5.41) is 0.728. The molecular formula is C17H19ClN2. The number of hydrogen-bond acceptors (Lipinski definition) is 1. The monoisotopic (exact) mass is 286 g/mol. The van der Waals surface area contributed by atoms with Gasteiger partial charge in [0.15, 0.2) is 0 Å². The van der Waals surface area contributed by atoms with Gasteiger partial charge in [-0.1, -0.05) is 30.5 Å². The molecule has 0 aliphatic heterocycles. The highest BCUT2D eigenvalue weighted by molar-refractivity contribution is 6.30. The lowest BCUT2D eigenvalue weighted by atomic mass is 10.2. The van der Waals surface area contributed by atoms with Crippen LogP contribution in [0.25, 0.3) is 0 Å². The summed E-state index contributed by atoms with van der Waals surface area (Å²) in [5.41, 5.74) is 3.23. The summed E-state index contributed by atoms with van der Waals surface area (Å²) < 4.78 is 2.33. The Morgan fingerprint density at radius 3 is 2.85 bits per heavy atom. The number of aromatic nitrogens is 1. The van der Waals surface area contributed by atoms with Crippen molar-refractivity contribution < 1.29 is 0 Å². The van der Waals surface area contributed by atoms with Crippen molar-refractivity contribution in [3.63, 3.8) is 0 Å². The Kier molecular flexibility index (Phi) is 3.93. The molecule has 2 nitrogen and oxygen atoms in total. The zero-order valence-electron chi connectivity index (χ0n) is 11.7. The predicted molar refractivity (Wildman–Crippen MR) is 85.4 cm³/mol. The zero-order valence-corrected chi connectivity index (χ0v) is 12.5. The first-order chi connectivity index (χ1) is 9.72. The molecule has 0 amide bonds. The molecule has 1 fully saturated rings. The third-order valence-electron chi connectivity index (χ3n) is 4.01. The van der Waals surface area contributed by atoms with Gasteiger partial charge in [0.1, 0.15) is 0 Å². The first-order valence-corrected chi connectivity index (χ1v) is 7.58. The van der Waals surface area contributed by atoms with Gasteiger partial charge in [0.2, 0.25) is 0 Å². The molecule has 0 saturated heterocycles. The fraction of sp³-hybridized carbons (Fsp3) is 0.353. The van der Waals surface area contributed by atoms with E-state index in [1.165, 1.54) is 25.7 Å². The van der Waals surface area contributed by atoms with Crippen LogP contribution in [0.2, 0.25) is 5.02 Å². The molecule has 1 aliphatic carbocycles. The highest BCUT2D eigenvalue weighted by atomic mass is 35.5. The molecule has 0 bridgehead atoms. The molecule has 1 aromatic carbocycles. The quantitative estimate of drug-likeness (QED) is 0.680. The molecule has 104 valence electrons. The maximum atomic E-state index is 6.01. The Bertz CT molecular complexity index is 622. The normalized spacial score (nSPS) is 16.3. The van der Waals surface area contributed by atoms with Crippen LogP contribution in [0.15, 0.2) is 41.7 Å².